The van der Waals surface area contributed by atoms with Crippen LogP contribution < -0.4 is 10.2 Å². The van der Waals surface area contributed by atoms with Crippen LogP contribution in [0.2, 0.25) is 5.02 Å². The summed E-state index contributed by atoms with van der Waals surface area (Å²) in [5, 5.41) is 7.15. The second-order valence-corrected chi connectivity index (χ2v) is 6.38. The lowest BCUT2D eigenvalue weighted by Crippen LogP contribution is -2.35. The van der Waals surface area contributed by atoms with Gasteiger partial charge in [0.2, 0.25) is 5.91 Å². The molecule has 3 aromatic rings. The van der Waals surface area contributed by atoms with E-state index < -0.39 is 17.8 Å². The Labute approximate surface area is 163 Å². The van der Waals surface area contributed by atoms with Crippen LogP contribution in [0.1, 0.15) is 19.0 Å². The van der Waals surface area contributed by atoms with E-state index in [9.17, 15) is 18.0 Å². The van der Waals surface area contributed by atoms with Gasteiger partial charge >= 0.3 is 6.18 Å². The monoisotopic (exact) mass is 412 g/mol. The van der Waals surface area contributed by atoms with Gasteiger partial charge in [-0.2, -0.15) is 27.8 Å². The van der Waals surface area contributed by atoms with E-state index >= 15 is 0 Å². The summed E-state index contributed by atoms with van der Waals surface area (Å²) in [6.45, 7) is 2.02. The number of rotatable bonds is 6. The molecular formula is C17H16ClF3N6O. The molecule has 0 bridgehead atoms. The van der Waals surface area contributed by atoms with Crippen molar-refractivity contribution in [3.8, 4) is 0 Å². The standard InChI is InChI=1S/C17H16ClF3N6O/c1-2-7-26(9-14(28)24-12-5-3-11(18)4-6-12)15-8-13(17(19,20)21)25-16-22-10-23-27(15)16/h3-6,8,10H,2,7,9H2,1H3,(H,24,28). The molecule has 0 fully saturated rings. The zero-order valence-electron chi connectivity index (χ0n) is 14.7. The summed E-state index contributed by atoms with van der Waals surface area (Å²) in [6, 6.07) is 7.38. The van der Waals surface area contributed by atoms with E-state index in [1.54, 1.807) is 24.3 Å². The van der Waals surface area contributed by atoms with Crippen molar-refractivity contribution < 1.29 is 18.0 Å². The third-order valence-electron chi connectivity index (χ3n) is 3.80. The van der Waals surface area contributed by atoms with Gasteiger partial charge in [0.1, 0.15) is 12.1 Å². The summed E-state index contributed by atoms with van der Waals surface area (Å²) in [5.41, 5.74) is -0.565. The molecule has 0 saturated heterocycles. The second-order valence-electron chi connectivity index (χ2n) is 5.95. The molecule has 0 aliphatic heterocycles. The second kappa shape index (κ2) is 8.01. The number of carbonyl (C=O) groups is 1. The van der Waals surface area contributed by atoms with E-state index in [1.165, 1.54) is 9.42 Å². The highest BCUT2D eigenvalue weighted by Gasteiger charge is 2.34. The Kier molecular flexibility index (Phi) is 5.68. The lowest BCUT2D eigenvalue weighted by molar-refractivity contribution is -0.141. The lowest BCUT2D eigenvalue weighted by Gasteiger charge is -2.24. The zero-order chi connectivity index (χ0) is 20.3. The summed E-state index contributed by atoms with van der Waals surface area (Å²) >= 11 is 5.82. The Morgan fingerprint density at radius 3 is 2.64 bits per heavy atom. The van der Waals surface area contributed by atoms with Crippen LogP contribution in [-0.4, -0.2) is 38.6 Å². The van der Waals surface area contributed by atoms with Gasteiger partial charge in [-0.1, -0.05) is 18.5 Å². The number of alkyl halides is 3. The quantitative estimate of drug-likeness (QED) is 0.668. The average Bonchev–Trinajstić information content (AvgIpc) is 3.10. The lowest BCUT2D eigenvalue weighted by atomic mass is 10.3. The fourth-order valence-electron chi connectivity index (χ4n) is 2.62. The minimum absolute atomic E-state index is 0.0860. The number of nitrogens with one attached hydrogen (secondary N) is 1. The smallest absolute Gasteiger partial charge is 0.347 e. The SMILES string of the molecule is CCCN(CC(=O)Nc1ccc(Cl)cc1)c1cc(C(F)(F)F)nc2ncnn12. The molecule has 0 spiro atoms. The van der Waals surface area contributed by atoms with Gasteiger partial charge in [-0.15, -0.1) is 0 Å². The van der Waals surface area contributed by atoms with Crippen LogP contribution in [0.5, 0.6) is 0 Å². The van der Waals surface area contributed by atoms with Crippen molar-refractivity contribution in [3.05, 3.63) is 47.4 Å². The van der Waals surface area contributed by atoms with Gasteiger partial charge in [0.15, 0.2) is 5.69 Å². The molecule has 0 atom stereocenters. The highest BCUT2D eigenvalue weighted by Crippen LogP contribution is 2.30. The Morgan fingerprint density at radius 2 is 2.00 bits per heavy atom. The molecule has 0 saturated carbocycles. The predicted molar refractivity (Wildman–Crippen MR) is 98.4 cm³/mol. The highest BCUT2D eigenvalue weighted by atomic mass is 35.5. The molecule has 1 aromatic carbocycles. The largest absolute Gasteiger partial charge is 0.433 e. The molecule has 7 nitrogen and oxygen atoms in total. The van der Waals surface area contributed by atoms with Crippen molar-refractivity contribution in [1.29, 1.82) is 0 Å². The Hall–Kier alpha value is -2.88. The maximum Gasteiger partial charge on any atom is 0.433 e. The van der Waals surface area contributed by atoms with Crippen molar-refractivity contribution in [3.63, 3.8) is 0 Å². The van der Waals surface area contributed by atoms with Gasteiger partial charge in [-0.05, 0) is 30.7 Å². The van der Waals surface area contributed by atoms with E-state index in [0.717, 1.165) is 12.4 Å². The van der Waals surface area contributed by atoms with Crippen LogP contribution in [0.4, 0.5) is 24.7 Å². The number of benzene rings is 1. The highest BCUT2D eigenvalue weighted by molar-refractivity contribution is 6.30. The van der Waals surface area contributed by atoms with Gasteiger partial charge < -0.3 is 10.2 Å². The molecule has 0 radical (unpaired) electrons. The molecule has 2 heterocycles. The van der Waals surface area contributed by atoms with Crippen molar-refractivity contribution in [2.24, 2.45) is 0 Å². The molecule has 0 unspecified atom stereocenters. The molecule has 11 heteroatoms. The van der Waals surface area contributed by atoms with Crippen LogP contribution in [0, 0.1) is 0 Å². The fourth-order valence-corrected chi connectivity index (χ4v) is 2.74. The number of carbonyl (C=O) groups excluding carboxylic acids is 1. The normalized spacial score (nSPS) is 11.6. The molecule has 148 valence electrons. The Morgan fingerprint density at radius 1 is 1.29 bits per heavy atom. The fraction of sp³-hybridized carbons (Fsp3) is 0.294. The molecule has 0 aliphatic carbocycles. The van der Waals surface area contributed by atoms with Crippen LogP contribution >= 0.6 is 11.6 Å². The Bertz CT molecular complexity index is 973. The van der Waals surface area contributed by atoms with Gasteiger partial charge in [0, 0.05) is 23.3 Å². The maximum atomic E-state index is 13.2. The number of hydrogen-bond acceptors (Lipinski definition) is 5. The topological polar surface area (TPSA) is 75.4 Å². The maximum absolute atomic E-state index is 13.2. The summed E-state index contributed by atoms with van der Waals surface area (Å²) in [7, 11) is 0. The van der Waals surface area contributed by atoms with Crippen molar-refractivity contribution in [1.82, 2.24) is 19.6 Å². The number of aromatic nitrogens is 4. The first-order valence-electron chi connectivity index (χ1n) is 8.36. The van der Waals surface area contributed by atoms with Gasteiger partial charge in [-0.25, -0.2) is 4.98 Å². The van der Waals surface area contributed by atoms with Crippen LogP contribution in [-0.2, 0) is 11.0 Å². The van der Waals surface area contributed by atoms with Gasteiger partial charge in [0.05, 0.1) is 6.54 Å². The molecule has 3 rings (SSSR count). The first-order chi connectivity index (χ1) is 13.3. The molecule has 2 aromatic heterocycles. The minimum Gasteiger partial charge on any atom is -0.347 e. The average molecular weight is 413 g/mol. The van der Waals surface area contributed by atoms with Crippen molar-refractivity contribution in [2.45, 2.75) is 19.5 Å². The van der Waals surface area contributed by atoms with E-state index in [4.69, 9.17) is 11.6 Å². The number of halogens is 4. The van der Waals surface area contributed by atoms with E-state index in [2.05, 4.69) is 20.4 Å². The van der Waals surface area contributed by atoms with Gasteiger partial charge in [-0.3, -0.25) is 4.79 Å². The van der Waals surface area contributed by atoms with Crippen LogP contribution in [0.3, 0.4) is 0 Å². The first-order valence-corrected chi connectivity index (χ1v) is 8.74. The minimum atomic E-state index is -4.65. The summed E-state index contributed by atoms with van der Waals surface area (Å²) in [4.78, 5) is 21.2. The first kappa shape index (κ1) is 19.9. The van der Waals surface area contributed by atoms with Gasteiger partial charge in [0.25, 0.3) is 5.78 Å². The predicted octanol–water partition coefficient (Wildman–Crippen LogP) is 3.65. The number of nitrogens with zero attached hydrogens (tertiary/aromatic N) is 5. The van der Waals surface area contributed by atoms with E-state index in [0.29, 0.717) is 23.7 Å². The third-order valence-corrected chi connectivity index (χ3v) is 4.06. The molecular weight excluding hydrogens is 397 g/mol. The van der Waals surface area contributed by atoms with E-state index in [1.807, 2.05) is 6.92 Å². The number of hydrogen-bond donors (Lipinski definition) is 1. The molecule has 1 amide bonds. The van der Waals surface area contributed by atoms with Crippen LogP contribution in [0.25, 0.3) is 5.78 Å². The Balaban J connectivity index is 1.90. The number of fused-ring (bicyclic) bond motifs is 1. The van der Waals surface area contributed by atoms with Crippen LogP contribution in [0.15, 0.2) is 36.7 Å². The van der Waals surface area contributed by atoms with Crippen molar-refractivity contribution in [2.75, 3.05) is 23.3 Å². The number of amides is 1. The third kappa shape index (κ3) is 4.50. The molecule has 0 aliphatic rings. The summed E-state index contributed by atoms with van der Waals surface area (Å²) in [5.74, 6) is -0.499. The van der Waals surface area contributed by atoms with E-state index in [-0.39, 0.29) is 18.1 Å². The van der Waals surface area contributed by atoms with Crippen molar-refractivity contribution >= 4 is 34.8 Å². The summed E-state index contributed by atoms with van der Waals surface area (Å²) in [6.07, 6.45) is -2.93. The zero-order valence-corrected chi connectivity index (χ0v) is 15.5. The molecule has 28 heavy (non-hydrogen) atoms. The number of anilines is 2. The summed E-state index contributed by atoms with van der Waals surface area (Å²) < 4.78 is 40.8. The molecule has 1 N–H and O–H groups in total.